The number of methoxy groups -OCH3 is 2. The van der Waals surface area contributed by atoms with Gasteiger partial charge in [0.05, 0.1) is 25.7 Å². The van der Waals surface area contributed by atoms with Crippen molar-refractivity contribution in [3.63, 3.8) is 0 Å². The van der Waals surface area contributed by atoms with E-state index in [-0.39, 0.29) is 5.91 Å². The summed E-state index contributed by atoms with van der Waals surface area (Å²) in [5.74, 6) is 1.20. The van der Waals surface area contributed by atoms with Crippen molar-refractivity contribution in [1.29, 1.82) is 0 Å². The first-order chi connectivity index (χ1) is 12.5. The zero-order valence-corrected chi connectivity index (χ0v) is 16.4. The molecule has 1 aliphatic rings. The van der Waals surface area contributed by atoms with Gasteiger partial charge < -0.3 is 9.47 Å². The molecule has 0 atom stereocenters. The van der Waals surface area contributed by atoms with Crippen LogP contribution in [-0.2, 0) is 11.3 Å². The maximum atomic E-state index is 12.8. The summed E-state index contributed by atoms with van der Waals surface area (Å²) in [5, 5.41) is 0. The van der Waals surface area contributed by atoms with Gasteiger partial charge in [-0.05, 0) is 36.3 Å². The van der Waals surface area contributed by atoms with Crippen molar-refractivity contribution in [2.45, 2.75) is 13.5 Å². The average Bonchev–Trinajstić information content (AvgIpc) is 2.90. The van der Waals surface area contributed by atoms with Gasteiger partial charge in [0.1, 0.15) is 4.32 Å². The quantitative estimate of drug-likeness (QED) is 0.563. The van der Waals surface area contributed by atoms with E-state index >= 15 is 0 Å². The van der Waals surface area contributed by atoms with E-state index in [0.29, 0.717) is 27.3 Å². The van der Waals surface area contributed by atoms with Gasteiger partial charge in [-0.15, -0.1) is 0 Å². The second-order valence-corrected chi connectivity index (χ2v) is 7.54. The van der Waals surface area contributed by atoms with Crippen molar-refractivity contribution < 1.29 is 14.3 Å². The van der Waals surface area contributed by atoms with Crippen LogP contribution in [0.4, 0.5) is 0 Å². The molecule has 0 spiro atoms. The van der Waals surface area contributed by atoms with Gasteiger partial charge in [0.25, 0.3) is 5.91 Å². The summed E-state index contributed by atoms with van der Waals surface area (Å²) in [6.45, 7) is 2.52. The van der Waals surface area contributed by atoms with Gasteiger partial charge in [0, 0.05) is 0 Å². The van der Waals surface area contributed by atoms with Crippen molar-refractivity contribution >= 4 is 40.3 Å². The molecule has 1 aliphatic heterocycles. The minimum Gasteiger partial charge on any atom is -0.493 e. The second-order valence-electron chi connectivity index (χ2n) is 5.87. The Morgan fingerprint density at radius 2 is 1.77 bits per heavy atom. The molecule has 0 aliphatic carbocycles. The average molecular weight is 386 g/mol. The van der Waals surface area contributed by atoms with Crippen LogP contribution < -0.4 is 9.47 Å². The smallest absolute Gasteiger partial charge is 0.266 e. The van der Waals surface area contributed by atoms with Crippen molar-refractivity contribution in [2.75, 3.05) is 14.2 Å². The Balaban J connectivity index is 1.81. The molecule has 0 N–H and O–H groups in total. The maximum absolute atomic E-state index is 12.8. The predicted octanol–water partition coefficient (Wildman–Crippen LogP) is 4.41. The molecule has 2 aromatic rings. The molecule has 0 saturated carbocycles. The highest BCUT2D eigenvalue weighted by Crippen LogP contribution is 2.35. The van der Waals surface area contributed by atoms with Gasteiger partial charge in [0.15, 0.2) is 11.5 Å². The summed E-state index contributed by atoms with van der Waals surface area (Å²) in [7, 11) is 3.18. The van der Waals surface area contributed by atoms with Gasteiger partial charge in [-0.2, -0.15) is 0 Å². The van der Waals surface area contributed by atoms with Crippen LogP contribution in [0, 0.1) is 6.92 Å². The van der Waals surface area contributed by atoms with E-state index in [1.54, 1.807) is 19.1 Å². The summed E-state index contributed by atoms with van der Waals surface area (Å²) in [4.78, 5) is 15.0. The largest absolute Gasteiger partial charge is 0.493 e. The summed E-state index contributed by atoms with van der Waals surface area (Å²) in [6.07, 6.45) is 1.83. The number of carbonyl (C=O) groups is 1. The molecular weight excluding hydrogens is 366 g/mol. The fourth-order valence-electron chi connectivity index (χ4n) is 2.61. The fraction of sp³-hybridized carbons (Fsp3) is 0.200. The Kier molecular flexibility index (Phi) is 5.64. The zero-order valence-electron chi connectivity index (χ0n) is 14.8. The second kappa shape index (κ2) is 7.93. The third-order valence-electron chi connectivity index (χ3n) is 4.04. The van der Waals surface area contributed by atoms with E-state index in [9.17, 15) is 4.79 Å². The summed E-state index contributed by atoms with van der Waals surface area (Å²) < 4.78 is 11.1. The highest BCUT2D eigenvalue weighted by molar-refractivity contribution is 8.26. The minimum absolute atomic E-state index is 0.0737. The zero-order chi connectivity index (χ0) is 18.7. The molecule has 1 heterocycles. The Labute approximate surface area is 162 Å². The van der Waals surface area contributed by atoms with Crippen LogP contribution >= 0.6 is 24.0 Å². The number of hydrogen-bond acceptors (Lipinski definition) is 5. The Bertz CT molecular complexity index is 875. The highest BCUT2D eigenvalue weighted by Gasteiger charge is 2.32. The van der Waals surface area contributed by atoms with E-state index < -0.39 is 0 Å². The first-order valence-corrected chi connectivity index (χ1v) is 9.27. The topological polar surface area (TPSA) is 38.8 Å². The standard InChI is InChI=1S/C20H19NO3S2/c1-13-4-6-14(7-5-13)12-21-19(22)18(26-20(21)25)11-15-8-9-16(23-2)17(10-15)24-3/h4-11H,12H2,1-3H3. The third kappa shape index (κ3) is 3.92. The summed E-state index contributed by atoms with van der Waals surface area (Å²) in [5.41, 5.74) is 3.10. The van der Waals surface area contributed by atoms with Gasteiger partial charge in [0.2, 0.25) is 0 Å². The Morgan fingerprint density at radius 1 is 1.08 bits per heavy atom. The van der Waals surface area contributed by atoms with Gasteiger partial charge in [-0.25, -0.2) is 0 Å². The van der Waals surface area contributed by atoms with Gasteiger partial charge in [-0.3, -0.25) is 9.69 Å². The number of thiocarbonyl (C=S) groups is 1. The number of rotatable bonds is 5. The fourth-order valence-corrected chi connectivity index (χ4v) is 3.86. The van der Waals surface area contributed by atoms with Crippen molar-refractivity contribution in [1.82, 2.24) is 4.90 Å². The van der Waals surface area contributed by atoms with E-state index in [2.05, 4.69) is 0 Å². The molecule has 26 heavy (non-hydrogen) atoms. The van der Waals surface area contributed by atoms with Crippen LogP contribution in [0.15, 0.2) is 47.4 Å². The lowest BCUT2D eigenvalue weighted by Gasteiger charge is -2.14. The number of ether oxygens (including phenoxy) is 2. The molecule has 1 saturated heterocycles. The molecule has 0 aromatic heterocycles. The molecule has 1 amide bonds. The Morgan fingerprint density at radius 3 is 2.42 bits per heavy atom. The summed E-state index contributed by atoms with van der Waals surface area (Å²) in [6, 6.07) is 13.6. The van der Waals surface area contributed by atoms with Crippen molar-refractivity contribution in [3.05, 3.63) is 64.1 Å². The van der Waals surface area contributed by atoms with Crippen LogP contribution in [-0.4, -0.2) is 29.3 Å². The molecule has 2 aromatic carbocycles. The highest BCUT2D eigenvalue weighted by atomic mass is 32.2. The van der Waals surface area contributed by atoms with E-state index in [1.807, 2.05) is 55.5 Å². The Hall–Kier alpha value is -2.31. The van der Waals surface area contributed by atoms with E-state index in [1.165, 1.54) is 17.3 Å². The van der Waals surface area contributed by atoms with Crippen LogP contribution in [0.5, 0.6) is 11.5 Å². The number of nitrogens with zero attached hydrogens (tertiary/aromatic N) is 1. The number of hydrogen-bond donors (Lipinski definition) is 0. The molecule has 0 radical (unpaired) electrons. The minimum atomic E-state index is -0.0737. The first-order valence-electron chi connectivity index (χ1n) is 8.04. The molecule has 4 nitrogen and oxygen atoms in total. The molecule has 0 unspecified atom stereocenters. The lowest BCUT2D eigenvalue weighted by molar-refractivity contribution is -0.122. The number of thioether (sulfide) groups is 1. The number of amides is 1. The number of aryl methyl sites for hydroxylation is 1. The monoisotopic (exact) mass is 385 g/mol. The SMILES string of the molecule is COc1ccc(C=C2SC(=S)N(Cc3ccc(C)cc3)C2=O)cc1OC. The van der Waals surface area contributed by atoms with Crippen molar-refractivity contribution in [3.8, 4) is 11.5 Å². The lowest BCUT2D eigenvalue weighted by atomic mass is 10.1. The van der Waals surface area contributed by atoms with Crippen LogP contribution in [0.25, 0.3) is 6.08 Å². The van der Waals surface area contributed by atoms with Crippen LogP contribution in [0.1, 0.15) is 16.7 Å². The first kappa shape index (κ1) is 18.5. The van der Waals surface area contributed by atoms with E-state index in [4.69, 9.17) is 21.7 Å². The third-order valence-corrected chi connectivity index (χ3v) is 5.42. The normalized spacial score (nSPS) is 15.7. The molecular formula is C20H19NO3S2. The van der Waals surface area contributed by atoms with Crippen LogP contribution in [0.3, 0.4) is 0 Å². The lowest BCUT2D eigenvalue weighted by Crippen LogP contribution is -2.27. The number of carbonyl (C=O) groups excluding carboxylic acids is 1. The molecule has 134 valence electrons. The van der Waals surface area contributed by atoms with Gasteiger partial charge >= 0.3 is 0 Å². The summed E-state index contributed by atoms with van der Waals surface area (Å²) >= 11 is 6.73. The molecule has 3 rings (SSSR count). The van der Waals surface area contributed by atoms with Crippen LogP contribution in [0.2, 0.25) is 0 Å². The molecule has 6 heteroatoms. The van der Waals surface area contributed by atoms with Gasteiger partial charge in [-0.1, -0.05) is 59.9 Å². The maximum Gasteiger partial charge on any atom is 0.266 e. The predicted molar refractivity (Wildman–Crippen MR) is 109 cm³/mol. The van der Waals surface area contributed by atoms with Crippen molar-refractivity contribution in [2.24, 2.45) is 0 Å². The molecule has 1 fully saturated rings. The number of benzene rings is 2. The molecule has 0 bridgehead atoms. The van der Waals surface area contributed by atoms with E-state index in [0.717, 1.165) is 11.1 Å².